The number of rotatable bonds is 7. The van der Waals surface area contributed by atoms with Crippen LogP contribution in [0, 0.1) is 23.0 Å². The van der Waals surface area contributed by atoms with Crippen LogP contribution in [0.1, 0.15) is 63.5 Å². The van der Waals surface area contributed by atoms with Crippen molar-refractivity contribution in [3.8, 4) is 0 Å². The summed E-state index contributed by atoms with van der Waals surface area (Å²) >= 11 is 12.4. The number of hydrogen-bond acceptors (Lipinski definition) is 4. The largest absolute Gasteiger partial charge is 0.370 e. The Balaban J connectivity index is 1.86. The van der Waals surface area contributed by atoms with Crippen LogP contribution in [0.15, 0.2) is 36.4 Å². The number of piperidine rings is 1. The van der Waals surface area contributed by atoms with Gasteiger partial charge in [-0.15, -0.1) is 0 Å². The van der Waals surface area contributed by atoms with Gasteiger partial charge in [-0.1, -0.05) is 62.2 Å². The molecular formula is C30H38Cl2F2N4O2. The topological polar surface area (TPSA) is 101 Å². The molecule has 40 heavy (non-hydrogen) atoms. The van der Waals surface area contributed by atoms with Gasteiger partial charge < -0.3 is 21.7 Å². The molecule has 2 amide bonds. The molecule has 0 radical (unpaired) electrons. The number of hydrogen-bond donors (Lipinski definition) is 3. The smallest absolute Gasteiger partial charge is 0.240 e. The third-order valence-electron chi connectivity index (χ3n) is 8.48. The van der Waals surface area contributed by atoms with Gasteiger partial charge in [-0.25, -0.2) is 8.78 Å². The number of carbonyl (C=O) groups excluding carboxylic acids is 2. The summed E-state index contributed by atoms with van der Waals surface area (Å²) in [6.07, 6.45) is 2.09. The van der Waals surface area contributed by atoms with Gasteiger partial charge in [0.2, 0.25) is 11.8 Å². The Kier molecular flexibility index (Phi) is 9.15. The van der Waals surface area contributed by atoms with E-state index in [9.17, 15) is 9.59 Å². The highest BCUT2D eigenvalue weighted by atomic mass is 35.5. The van der Waals surface area contributed by atoms with E-state index in [2.05, 4.69) is 26.1 Å². The Morgan fingerprint density at radius 3 is 2.38 bits per heavy atom. The second-order valence-electron chi connectivity index (χ2n) is 12.4. The number of benzene rings is 2. The van der Waals surface area contributed by atoms with Crippen molar-refractivity contribution in [2.75, 3.05) is 19.6 Å². The summed E-state index contributed by atoms with van der Waals surface area (Å²) in [6, 6.07) is 7.73. The Hall–Kier alpha value is -2.26. The molecule has 2 aromatic carbocycles. The van der Waals surface area contributed by atoms with Gasteiger partial charge in [0.05, 0.1) is 11.1 Å². The van der Waals surface area contributed by atoms with Crippen LogP contribution in [0.25, 0.3) is 0 Å². The molecule has 0 aliphatic carbocycles. The van der Waals surface area contributed by atoms with E-state index in [1.807, 2.05) is 0 Å². The predicted molar refractivity (Wildman–Crippen MR) is 154 cm³/mol. The zero-order valence-electron chi connectivity index (χ0n) is 23.2. The number of nitrogens with zero attached hydrogens (tertiary/aromatic N) is 1. The van der Waals surface area contributed by atoms with Crippen LogP contribution >= 0.6 is 23.2 Å². The minimum atomic E-state index is -1.20. The fourth-order valence-electron chi connectivity index (χ4n) is 6.70. The van der Waals surface area contributed by atoms with Crippen LogP contribution in [0.5, 0.6) is 0 Å². The summed E-state index contributed by atoms with van der Waals surface area (Å²) in [6.45, 7) is 7.00. The van der Waals surface area contributed by atoms with Crippen molar-refractivity contribution in [2.45, 2.75) is 69.9 Å². The van der Waals surface area contributed by atoms with E-state index in [1.54, 1.807) is 29.2 Å². The lowest BCUT2D eigenvalue weighted by Gasteiger charge is -2.42. The Morgan fingerprint density at radius 2 is 1.80 bits per heavy atom. The van der Waals surface area contributed by atoms with Crippen LogP contribution in [0.4, 0.5) is 8.78 Å². The predicted octanol–water partition coefficient (Wildman–Crippen LogP) is 5.14. The van der Waals surface area contributed by atoms with Crippen LogP contribution in [0.3, 0.4) is 0 Å². The third-order valence-corrected chi connectivity index (χ3v) is 9.00. The molecule has 2 fully saturated rings. The first kappa shape index (κ1) is 30.7. The number of likely N-dealkylation sites (tertiary alicyclic amines) is 1. The highest BCUT2D eigenvalue weighted by Gasteiger charge is 2.60. The van der Waals surface area contributed by atoms with E-state index >= 15 is 8.78 Å². The molecule has 0 saturated carbocycles. The lowest BCUT2D eigenvalue weighted by atomic mass is 9.61. The number of primary amides is 1. The normalized spacial score (nSPS) is 25.8. The number of nitrogens with one attached hydrogen (secondary N) is 1. The molecule has 4 atom stereocenters. The summed E-state index contributed by atoms with van der Waals surface area (Å²) in [7, 11) is 0. The molecule has 2 aliphatic heterocycles. The lowest BCUT2D eigenvalue weighted by molar-refractivity contribution is -0.135. The molecule has 10 heteroatoms. The van der Waals surface area contributed by atoms with Crippen LogP contribution < -0.4 is 16.8 Å². The summed E-state index contributed by atoms with van der Waals surface area (Å²) < 4.78 is 31.7. The van der Waals surface area contributed by atoms with Crippen molar-refractivity contribution < 1.29 is 18.4 Å². The highest BCUT2D eigenvalue weighted by molar-refractivity contribution is 6.31. The van der Waals surface area contributed by atoms with E-state index in [0.717, 1.165) is 0 Å². The minimum absolute atomic E-state index is 0.0552. The second kappa shape index (κ2) is 11.9. The summed E-state index contributed by atoms with van der Waals surface area (Å²) in [5, 5.41) is 3.65. The van der Waals surface area contributed by atoms with Gasteiger partial charge in [-0.2, -0.15) is 0 Å². The molecule has 6 nitrogen and oxygen atoms in total. The van der Waals surface area contributed by atoms with Crippen molar-refractivity contribution in [3.05, 3.63) is 69.2 Å². The summed E-state index contributed by atoms with van der Waals surface area (Å²) in [5.41, 5.74) is 11.0. The van der Waals surface area contributed by atoms with Crippen LogP contribution in [-0.2, 0) is 15.0 Å². The van der Waals surface area contributed by atoms with E-state index in [4.69, 9.17) is 34.7 Å². The zero-order valence-corrected chi connectivity index (χ0v) is 24.7. The lowest BCUT2D eigenvalue weighted by Crippen LogP contribution is -2.50. The standard InChI is InChI=1S/C30H38Cl2F2N4O2/c1-29(2,3)15-23-30(16-35,20-8-7-18(31)14-22(20)33)25(19-5-4-6-21(32)26(19)34)27(37-23)28(40)38-11-9-17(10-12-38)13-24(36)39/h4-8,14,17,23,25,27,37H,9-13,15-16,35H2,1-3H3,(H2,36,39)/t23-,25-,27+,30-/m0/s1. The molecule has 2 aliphatic rings. The summed E-state index contributed by atoms with van der Waals surface area (Å²) in [5.74, 6) is -2.55. The van der Waals surface area contributed by atoms with Crippen molar-refractivity contribution in [3.63, 3.8) is 0 Å². The van der Waals surface area contributed by atoms with E-state index in [0.29, 0.717) is 32.4 Å². The number of nitrogens with two attached hydrogens (primary N) is 2. The molecular weight excluding hydrogens is 557 g/mol. The van der Waals surface area contributed by atoms with Gasteiger partial charge >= 0.3 is 0 Å². The maximum Gasteiger partial charge on any atom is 0.240 e. The maximum atomic E-state index is 15.8. The first-order valence-electron chi connectivity index (χ1n) is 13.7. The quantitative estimate of drug-likeness (QED) is 0.413. The SMILES string of the molecule is CC(C)(C)C[C@@H]1N[C@@H](C(=O)N2CCC(CC(N)=O)CC2)[C@H](c2cccc(Cl)c2F)[C@@]1(CN)c1ccc(Cl)cc1F. The second-order valence-corrected chi connectivity index (χ2v) is 13.2. The Bertz CT molecular complexity index is 1260. The molecule has 4 rings (SSSR count). The average Bonchev–Trinajstić information content (AvgIpc) is 3.18. The number of amides is 2. The first-order valence-corrected chi connectivity index (χ1v) is 14.5. The van der Waals surface area contributed by atoms with E-state index in [-0.39, 0.29) is 57.3 Å². The minimum Gasteiger partial charge on any atom is -0.370 e. The Labute approximate surface area is 244 Å². The van der Waals surface area contributed by atoms with Gasteiger partial charge in [0, 0.05) is 48.5 Å². The van der Waals surface area contributed by atoms with Crippen molar-refractivity contribution in [1.29, 1.82) is 0 Å². The fraction of sp³-hybridized carbons (Fsp3) is 0.533. The average molecular weight is 596 g/mol. The number of carbonyl (C=O) groups is 2. The molecule has 2 saturated heterocycles. The highest BCUT2D eigenvalue weighted by Crippen LogP contribution is 2.53. The maximum absolute atomic E-state index is 15.8. The van der Waals surface area contributed by atoms with Gasteiger partial charge in [0.15, 0.2) is 0 Å². The molecule has 2 heterocycles. The Morgan fingerprint density at radius 1 is 1.12 bits per heavy atom. The monoisotopic (exact) mass is 594 g/mol. The van der Waals surface area contributed by atoms with Crippen LogP contribution in [0.2, 0.25) is 10.0 Å². The molecule has 5 N–H and O–H groups in total. The summed E-state index contributed by atoms with van der Waals surface area (Å²) in [4.78, 5) is 27.4. The molecule has 0 bridgehead atoms. The number of halogens is 4. The van der Waals surface area contributed by atoms with Gasteiger partial charge in [0.1, 0.15) is 11.6 Å². The van der Waals surface area contributed by atoms with Crippen LogP contribution in [-0.4, -0.2) is 48.4 Å². The first-order chi connectivity index (χ1) is 18.8. The van der Waals surface area contributed by atoms with E-state index in [1.165, 1.54) is 12.1 Å². The zero-order chi connectivity index (χ0) is 29.4. The van der Waals surface area contributed by atoms with Crippen molar-refractivity contribution in [1.82, 2.24) is 10.2 Å². The van der Waals surface area contributed by atoms with E-state index < -0.39 is 35.1 Å². The third kappa shape index (κ3) is 6.01. The van der Waals surface area contributed by atoms with Crippen molar-refractivity contribution in [2.24, 2.45) is 22.8 Å². The molecule has 0 aromatic heterocycles. The van der Waals surface area contributed by atoms with Gasteiger partial charge in [-0.05, 0) is 59.9 Å². The van der Waals surface area contributed by atoms with Gasteiger partial charge in [0.25, 0.3) is 0 Å². The fourth-order valence-corrected chi connectivity index (χ4v) is 7.04. The van der Waals surface area contributed by atoms with Gasteiger partial charge in [-0.3, -0.25) is 9.59 Å². The molecule has 0 unspecified atom stereocenters. The molecule has 218 valence electrons. The molecule has 0 spiro atoms. The van der Waals surface area contributed by atoms with Crippen molar-refractivity contribution >= 4 is 35.0 Å². The molecule has 2 aromatic rings.